The lowest BCUT2D eigenvalue weighted by Gasteiger charge is -2.24. The van der Waals surface area contributed by atoms with Gasteiger partial charge in [-0.3, -0.25) is 9.59 Å². The van der Waals surface area contributed by atoms with Gasteiger partial charge in [-0.05, 0) is 18.2 Å². The largest absolute Gasteiger partial charge is 0.320 e. The average molecular weight is 328 g/mol. The number of thioether (sulfide) groups is 2. The van der Waals surface area contributed by atoms with Crippen LogP contribution < -0.4 is 10.6 Å². The number of allylic oxidation sites excluding steroid dienone is 2. The maximum Gasteiger partial charge on any atom is 0.263 e. The van der Waals surface area contributed by atoms with E-state index in [0.29, 0.717) is 15.5 Å². The van der Waals surface area contributed by atoms with Gasteiger partial charge < -0.3 is 10.6 Å². The number of rotatable bonds is 2. The van der Waals surface area contributed by atoms with Gasteiger partial charge in [-0.15, -0.1) is 0 Å². The van der Waals surface area contributed by atoms with Gasteiger partial charge in [0.2, 0.25) is 0 Å². The zero-order valence-corrected chi connectivity index (χ0v) is 13.1. The van der Waals surface area contributed by atoms with Crippen LogP contribution in [0.5, 0.6) is 0 Å². The Hall–Kier alpha value is -2.18. The van der Waals surface area contributed by atoms with Crippen molar-refractivity contribution in [3.05, 3.63) is 70.0 Å². The van der Waals surface area contributed by atoms with Crippen LogP contribution in [0.25, 0.3) is 0 Å². The normalized spacial score (nSPS) is 20.9. The summed E-state index contributed by atoms with van der Waals surface area (Å²) in [5.74, 6) is -0.575. The molecular formula is C16H12N2O2S2. The molecular weight excluding hydrogens is 316 g/mol. The van der Waals surface area contributed by atoms with E-state index in [1.807, 2.05) is 24.3 Å². The van der Waals surface area contributed by atoms with Gasteiger partial charge in [0.05, 0.1) is 21.2 Å². The molecule has 0 unspecified atom stereocenters. The van der Waals surface area contributed by atoms with Gasteiger partial charge in [-0.25, -0.2) is 0 Å². The van der Waals surface area contributed by atoms with E-state index in [1.54, 1.807) is 12.2 Å². The zero-order valence-electron chi connectivity index (χ0n) is 11.5. The number of nitrogens with one attached hydrogen (secondary N) is 2. The van der Waals surface area contributed by atoms with Crippen LogP contribution in [-0.4, -0.2) is 11.8 Å². The lowest BCUT2D eigenvalue weighted by atomic mass is 10.3. The molecule has 1 aromatic carbocycles. The number of para-hydroxylation sites is 1. The van der Waals surface area contributed by atoms with Crippen molar-refractivity contribution in [3.63, 3.8) is 0 Å². The van der Waals surface area contributed by atoms with Crippen LogP contribution in [0.4, 0.5) is 5.69 Å². The minimum absolute atomic E-state index is 0.271. The highest BCUT2D eigenvalue weighted by atomic mass is 32.2. The highest BCUT2D eigenvalue weighted by Gasteiger charge is 2.31. The third kappa shape index (κ3) is 2.51. The maximum atomic E-state index is 12.3. The molecule has 0 saturated heterocycles. The summed E-state index contributed by atoms with van der Waals surface area (Å²) < 4.78 is 0. The van der Waals surface area contributed by atoms with Crippen molar-refractivity contribution in [1.29, 1.82) is 0 Å². The Labute approximate surface area is 136 Å². The Kier molecular flexibility index (Phi) is 3.96. The number of hydrogen-bond donors (Lipinski definition) is 2. The molecule has 3 rings (SSSR count). The fourth-order valence-corrected chi connectivity index (χ4v) is 4.10. The van der Waals surface area contributed by atoms with Crippen LogP contribution >= 0.6 is 23.5 Å². The number of amides is 2. The van der Waals surface area contributed by atoms with Gasteiger partial charge >= 0.3 is 0 Å². The molecule has 0 saturated carbocycles. The van der Waals surface area contributed by atoms with Gasteiger partial charge in [0.15, 0.2) is 0 Å². The van der Waals surface area contributed by atoms with Gasteiger partial charge in [0.25, 0.3) is 11.8 Å². The van der Waals surface area contributed by atoms with Gasteiger partial charge in [0, 0.05) is 9.80 Å². The number of anilines is 1. The predicted molar refractivity (Wildman–Crippen MR) is 91.1 cm³/mol. The number of benzene rings is 1. The Bertz CT molecular complexity index is 778. The molecule has 4 nitrogen and oxygen atoms in total. The molecule has 6 heteroatoms. The zero-order chi connectivity index (χ0) is 15.7. The van der Waals surface area contributed by atoms with E-state index in [2.05, 4.69) is 23.8 Å². The Balaban J connectivity index is 2.06. The Morgan fingerprint density at radius 3 is 2.32 bits per heavy atom. The standard InChI is InChI=1S/C16H12N2O2S2/c1-3-9-11(4-2)21-13(15(19)17-9)14-16(20)18-10-7-5-6-8-12(10)22-14/h3-8H,1-2H2,(H,17,19)(H,18,20)/b14-13+. The highest BCUT2D eigenvalue weighted by Crippen LogP contribution is 2.44. The van der Waals surface area contributed by atoms with Crippen molar-refractivity contribution in [2.75, 3.05) is 5.32 Å². The van der Waals surface area contributed by atoms with E-state index in [9.17, 15) is 9.59 Å². The van der Waals surface area contributed by atoms with Gasteiger partial charge in [-0.1, -0.05) is 54.9 Å². The van der Waals surface area contributed by atoms with Crippen LogP contribution in [0.2, 0.25) is 0 Å². The second kappa shape index (κ2) is 5.90. The van der Waals surface area contributed by atoms with Crippen molar-refractivity contribution >= 4 is 41.0 Å². The first-order valence-electron chi connectivity index (χ1n) is 6.45. The molecule has 0 fully saturated rings. The summed E-state index contributed by atoms with van der Waals surface area (Å²) in [5.41, 5.74) is 1.37. The molecule has 0 radical (unpaired) electrons. The van der Waals surface area contributed by atoms with Crippen LogP contribution in [0.3, 0.4) is 0 Å². The highest BCUT2D eigenvalue weighted by molar-refractivity contribution is 8.10. The fourth-order valence-electron chi connectivity index (χ4n) is 2.05. The topological polar surface area (TPSA) is 58.2 Å². The number of fused-ring (bicyclic) bond motifs is 1. The van der Waals surface area contributed by atoms with E-state index in [-0.39, 0.29) is 11.8 Å². The Morgan fingerprint density at radius 1 is 0.909 bits per heavy atom. The molecule has 0 aliphatic carbocycles. The minimum atomic E-state index is -0.303. The molecule has 2 amide bonds. The lowest BCUT2D eigenvalue weighted by Crippen LogP contribution is -2.30. The molecule has 0 bridgehead atoms. The van der Waals surface area contributed by atoms with Gasteiger partial charge in [0.1, 0.15) is 0 Å². The summed E-state index contributed by atoms with van der Waals surface area (Å²) in [6.07, 6.45) is 3.20. The molecule has 0 atom stereocenters. The average Bonchev–Trinajstić information content (AvgIpc) is 2.54. The minimum Gasteiger partial charge on any atom is -0.320 e. The quantitative estimate of drug-likeness (QED) is 0.817. The molecule has 0 aromatic heterocycles. The number of hydrogen-bond acceptors (Lipinski definition) is 4. The number of carbonyl (C=O) groups excluding carboxylic acids is 2. The van der Waals surface area contributed by atoms with Crippen LogP contribution in [-0.2, 0) is 9.59 Å². The lowest BCUT2D eigenvalue weighted by molar-refractivity contribution is -0.117. The van der Waals surface area contributed by atoms with E-state index in [4.69, 9.17) is 0 Å². The van der Waals surface area contributed by atoms with Crippen LogP contribution in [0, 0.1) is 0 Å². The van der Waals surface area contributed by atoms with Gasteiger partial charge in [-0.2, -0.15) is 0 Å². The molecule has 2 N–H and O–H groups in total. The first kappa shape index (κ1) is 14.7. The molecule has 22 heavy (non-hydrogen) atoms. The summed E-state index contributed by atoms with van der Waals surface area (Å²) in [6.45, 7) is 7.40. The van der Waals surface area contributed by atoms with Crippen molar-refractivity contribution in [2.24, 2.45) is 0 Å². The van der Waals surface area contributed by atoms with Crippen LogP contribution in [0.1, 0.15) is 0 Å². The first-order chi connectivity index (χ1) is 10.6. The molecule has 2 aliphatic rings. The third-order valence-electron chi connectivity index (χ3n) is 3.08. The first-order valence-corrected chi connectivity index (χ1v) is 8.08. The van der Waals surface area contributed by atoms with E-state index in [0.717, 1.165) is 15.5 Å². The summed E-state index contributed by atoms with van der Waals surface area (Å²) in [7, 11) is 0. The molecule has 2 aliphatic heterocycles. The fraction of sp³-hybridized carbons (Fsp3) is 0. The summed E-state index contributed by atoms with van der Waals surface area (Å²) >= 11 is 2.53. The summed E-state index contributed by atoms with van der Waals surface area (Å²) in [4.78, 5) is 27.0. The van der Waals surface area contributed by atoms with E-state index < -0.39 is 0 Å². The third-order valence-corrected chi connectivity index (χ3v) is 5.58. The SMILES string of the molecule is C=CC1=C(C=C)S/C(=C2/Sc3ccccc3NC2=O)C(=O)N1. The van der Waals surface area contributed by atoms with E-state index >= 15 is 0 Å². The molecule has 1 aromatic rings. The van der Waals surface area contributed by atoms with Crippen molar-refractivity contribution in [1.82, 2.24) is 5.32 Å². The second-order valence-electron chi connectivity index (χ2n) is 4.45. The summed E-state index contributed by atoms with van der Waals surface area (Å²) in [6, 6.07) is 7.49. The van der Waals surface area contributed by atoms with E-state index in [1.165, 1.54) is 23.5 Å². The van der Waals surface area contributed by atoms with Crippen molar-refractivity contribution in [3.8, 4) is 0 Å². The monoisotopic (exact) mass is 328 g/mol. The molecule has 2 heterocycles. The molecule has 0 spiro atoms. The maximum absolute atomic E-state index is 12.3. The smallest absolute Gasteiger partial charge is 0.263 e. The second-order valence-corrected chi connectivity index (χ2v) is 6.56. The number of carbonyl (C=O) groups is 2. The predicted octanol–water partition coefficient (Wildman–Crippen LogP) is 3.39. The summed E-state index contributed by atoms with van der Waals surface area (Å²) in [5, 5.41) is 5.55. The van der Waals surface area contributed by atoms with Crippen molar-refractivity contribution < 1.29 is 9.59 Å². The van der Waals surface area contributed by atoms with Crippen LogP contribution in [0.15, 0.2) is 74.9 Å². The molecule has 110 valence electrons. The van der Waals surface area contributed by atoms with Crippen molar-refractivity contribution in [2.45, 2.75) is 4.90 Å². The Morgan fingerprint density at radius 2 is 1.59 bits per heavy atom.